The van der Waals surface area contributed by atoms with Gasteiger partial charge in [-0.3, -0.25) is 4.79 Å². The fourth-order valence-corrected chi connectivity index (χ4v) is 3.83. The zero-order valence-corrected chi connectivity index (χ0v) is 13.8. The molecule has 110 valence electrons. The molecule has 0 fully saturated rings. The van der Waals surface area contributed by atoms with E-state index in [2.05, 4.69) is 47.6 Å². The summed E-state index contributed by atoms with van der Waals surface area (Å²) in [6, 6.07) is 2.09. The molecule has 1 atom stereocenters. The van der Waals surface area contributed by atoms with E-state index in [9.17, 15) is 4.79 Å². The van der Waals surface area contributed by atoms with Crippen molar-refractivity contribution in [2.75, 3.05) is 0 Å². The third kappa shape index (κ3) is 2.06. The summed E-state index contributed by atoms with van der Waals surface area (Å²) in [6.07, 6.45) is 1.18. The van der Waals surface area contributed by atoms with E-state index in [0.29, 0.717) is 18.1 Å². The molecule has 0 saturated heterocycles. The molecule has 0 saturated carbocycles. The molecule has 1 aliphatic carbocycles. The van der Waals surface area contributed by atoms with Gasteiger partial charge in [0, 0.05) is 0 Å². The van der Waals surface area contributed by atoms with Crippen LogP contribution in [0.2, 0.25) is 0 Å². The number of carbonyl (C=O) groups is 1. The molecule has 0 N–H and O–H groups in total. The maximum atomic E-state index is 10.7. The Morgan fingerprint density at radius 3 is 2.35 bits per heavy atom. The Labute approximate surface area is 122 Å². The second-order valence-corrected chi connectivity index (χ2v) is 7.47. The lowest BCUT2D eigenvalue weighted by Gasteiger charge is -2.47. The first kappa shape index (κ1) is 15.1. The molecule has 20 heavy (non-hydrogen) atoms. The first-order chi connectivity index (χ1) is 9.13. The molecule has 0 radical (unpaired) electrons. The number of carbonyl (C=O) groups excluding carboxylic acids is 1. The van der Waals surface area contributed by atoms with Gasteiger partial charge >= 0.3 is 0 Å². The lowest BCUT2D eigenvalue weighted by atomic mass is 9.57. The first-order valence-electron chi connectivity index (χ1n) is 7.38. The Bertz CT molecular complexity index is 553. The number of hydrogen-bond acceptors (Lipinski definition) is 2. The monoisotopic (exact) mass is 274 g/mol. The van der Waals surface area contributed by atoms with Crippen molar-refractivity contribution >= 4 is 6.47 Å². The van der Waals surface area contributed by atoms with Crippen LogP contribution in [0.3, 0.4) is 0 Å². The molecule has 0 aliphatic heterocycles. The fraction of sp³-hybridized carbons (Fsp3) is 0.611. The van der Waals surface area contributed by atoms with Gasteiger partial charge in [-0.05, 0) is 65.3 Å². The van der Waals surface area contributed by atoms with E-state index < -0.39 is 0 Å². The van der Waals surface area contributed by atoms with Crippen molar-refractivity contribution in [1.82, 2.24) is 0 Å². The van der Waals surface area contributed by atoms with Gasteiger partial charge < -0.3 is 4.74 Å². The second-order valence-electron chi connectivity index (χ2n) is 7.47. The van der Waals surface area contributed by atoms with Crippen LogP contribution >= 0.6 is 0 Å². The topological polar surface area (TPSA) is 26.3 Å². The van der Waals surface area contributed by atoms with Gasteiger partial charge in [-0.1, -0.05) is 34.6 Å². The maximum Gasteiger partial charge on any atom is 0.298 e. The molecule has 0 heterocycles. The van der Waals surface area contributed by atoms with E-state index in [-0.39, 0.29) is 10.8 Å². The minimum atomic E-state index is 0.101. The zero-order valence-electron chi connectivity index (χ0n) is 13.8. The fourth-order valence-electron chi connectivity index (χ4n) is 3.83. The van der Waals surface area contributed by atoms with Crippen LogP contribution in [0.25, 0.3) is 0 Å². The average molecular weight is 274 g/mol. The van der Waals surface area contributed by atoms with Gasteiger partial charge in [-0.2, -0.15) is 0 Å². The van der Waals surface area contributed by atoms with E-state index in [0.717, 1.165) is 5.56 Å². The lowest BCUT2D eigenvalue weighted by Crippen LogP contribution is -2.41. The van der Waals surface area contributed by atoms with E-state index in [4.69, 9.17) is 4.74 Å². The molecule has 0 spiro atoms. The normalized spacial score (nSPS) is 23.1. The van der Waals surface area contributed by atoms with Crippen LogP contribution in [0.4, 0.5) is 0 Å². The quantitative estimate of drug-likeness (QED) is 0.746. The molecule has 2 rings (SSSR count). The molecule has 2 heteroatoms. The number of hydrogen-bond donors (Lipinski definition) is 0. The minimum Gasteiger partial charge on any atom is -0.428 e. The van der Waals surface area contributed by atoms with Gasteiger partial charge in [0.05, 0.1) is 0 Å². The van der Waals surface area contributed by atoms with Gasteiger partial charge in [0.2, 0.25) is 0 Å². The Hall–Kier alpha value is -1.31. The number of ether oxygens (including phenoxy) is 1. The smallest absolute Gasteiger partial charge is 0.298 e. The lowest BCUT2D eigenvalue weighted by molar-refractivity contribution is -0.120. The first-order valence-corrected chi connectivity index (χ1v) is 7.38. The highest BCUT2D eigenvalue weighted by atomic mass is 16.5. The predicted molar refractivity (Wildman–Crippen MR) is 82.4 cm³/mol. The molecule has 1 aromatic rings. The number of rotatable bonds is 2. The minimum absolute atomic E-state index is 0.101. The van der Waals surface area contributed by atoms with Crippen molar-refractivity contribution in [3.05, 3.63) is 28.3 Å². The van der Waals surface area contributed by atoms with E-state index in [1.807, 2.05) is 6.92 Å². The number of benzene rings is 1. The largest absolute Gasteiger partial charge is 0.428 e. The summed E-state index contributed by atoms with van der Waals surface area (Å²) in [6.45, 7) is 16.3. The molecule has 1 aromatic carbocycles. The van der Waals surface area contributed by atoms with Crippen LogP contribution in [0.15, 0.2) is 6.07 Å². The van der Waals surface area contributed by atoms with Crippen molar-refractivity contribution in [2.45, 2.75) is 65.7 Å². The van der Waals surface area contributed by atoms with Gasteiger partial charge in [0.25, 0.3) is 6.47 Å². The van der Waals surface area contributed by atoms with Crippen molar-refractivity contribution in [3.63, 3.8) is 0 Å². The van der Waals surface area contributed by atoms with Crippen LogP contribution in [0, 0.1) is 19.8 Å². The van der Waals surface area contributed by atoms with Crippen LogP contribution in [0.5, 0.6) is 5.75 Å². The highest BCUT2D eigenvalue weighted by Crippen LogP contribution is 2.51. The van der Waals surface area contributed by atoms with Gasteiger partial charge in [0.15, 0.2) is 0 Å². The summed E-state index contributed by atoms with van der Waals surface area (Å²) < 4.78 is 5.20. The van der Waals surface area contributed by atoms with Crippen molar-refractivity contribution in [2.24, 2.45) is 5.92 Å². The molecular formula is C18H26O2. The number of fused-ring (bicyclic) bond motifs is 1. The summed E-state index contributed by atoms with van der Waals surface area (Å²) >= 11 is 0. The van der Waals surface area contributed by atoms with E-state index >= 15 is 0 Å². The Morgan fingerprint density at radius 2 is 1.80 bits per heavy atom. The van der Waals surface area contributed by atoms with Crippen LogP contribution in [-0.2, 0) is 15.6 Å². The average Bonchev–Trinajstić information content (AvgIpc) is 2.32. The van der Waals surface area contributed by atoms with Crippen LogP contribution in [-0.4, -0.2) is 6.47 Å². The molecule has 1 unspecified atom stereocenters. The van der Waals surface area contributed by atoms with Crippen molar-refractivity contribution in [3.8, 4) is 5.75 Å². The van der Waals surface area contributed by atoms with Gasteiger partial charge in [-0.15, -0.1) is 0 Å². The van der Waals surface area contributed by atoms with Crippen molar-refractivity contribution < 1.29 is 9.53 Å². The summed E-state index contributed by atoms with van der Waals surface area (Å²) in [5.74, 6) is 1.30. The van der Waals surface area contributed by atoms with Gasteiger partial charge in [0.1, 0.15) is 5.75 Å². The Morgan fingerprint density at radius 1 is 1.20 bits per heavy atom. The third-order valence-electron chi connectivity index (χ3n) is 5.45. The van der Waals surface area contributed by atoms with Crippen molar-refractivity contribution in [1.29, 1.82) is 0 Å². The molecule has 2 nitrogen and oxygen atoms in total. The SMILES string of the molecule is Cc1c(OC=O)cc2c(c1C)C(C)(C)CC(C)C2(C)C. The van der Waals surface area contributed by atoms with E-state index in [1.54, 1.807) is 0 Å². The summed E-state index contributed by atoms with van der Waals surface area (Å²) in [4.78, 5) is 10.7. The molecule has 0 amide bonds. The summed E-state index contributed by atoms with van der Waals surface area (Å²) in [5, 5.41) is 0. The highest BCUT2D eigenvalue weighted by molar-refractivity contribution is 5.58. The van der Waals surface area contributed by atoms with Crippen LogP contribution < -0.4 is 4.74 Å². The van der Waals surface area contributed by atoms with E-state index in [1.165, 1.54) is 23.1 Å². The maximum absolute atomic E-state index is 10.7. The molecule has 1 aliphatic rings. The van der Waals surface area contributed by atoms with Gasteiger partial charge in [-0.25, -0.2) is 0 Å². The molecule has 0 bridgehead atoms. The van der Waals surface area contributed by atoms with Crippen LogP contribution in [0.1, 0.15) is 63.3 Å². The standard InChI is InChI=1S/C18H26O2/c1-11-9-17(4,5)16-13(3)12(2)15(20-10-19)8-14(16)18(11,6)7/h8,10-11H,9H2,1-7H3. The second kappa shape index (κ2) is 4.61. The molecule has 0 aromatic heterocycles. The zero-order chi connectivity index (χ0) is 15.3. The predicted octanol–water partition coefficient (Wildman–Crippen LogP) is 4.43. The Kier molecular flexibility index (Phi) is 3.48. The summed E-state index contributed by atoms with van der Waals surface area (Å²) in [5.41, 5.74) is 5.39. The Balaban J connectivity index is 2.80. The summed E-state index contributed by atoms with van der Waals surface area (Å²) in [7, 11) is 0. The third-order valence-corrected chi connectivity index (χ3v) is 5.45. The molecular weight excluding hydrogens is 248 g/mol. The highest BCUT2D eigenvalue weighted by Gasteiger charge is 2.43.